The summed E-state index contributed by atoms with van der Waals surface area (Å²) in [5, 5.41) is 3.16. The van der Waals surface area contributed by atoms with Crippen molar-refractivity contribution >= 4 is 0 Å². The third-order valence-corrected chi connectivity index (χ3v) is 3.19. The molecule has 0 bridgehead atoms. The predicted octanol–water partition coefficient (Wildman–Crippen LogP) is 4.07. The predicted molar refractivity (Wildman–Crippen MR) is 79.8 cm³/mol. The Kier molecular flexibility index (Phi) is 4.58. The van der Waals surface area contributed by atoms with Gasteiger partial charge in [0.05, 0.1) is 0 Å². The van der Waals surface area contributed by atoms with Crippen LogP contribution in [0, 0.1) is 6.92 Å². The van der Waals surface area contributed by atoms with Crippen LogP contribution in [0.1, 0.15) is 23.6 Å². The molecule has 0 aliphatic carbocycles. The van der Waals surface area contributed by atoms with Crippen molar-refractivity contribution in [3.8, 4) is 11.5 Å². The molecule has 1 N–H and O–H groups in total. The van der Waals surface area contributed by atoms with Crippen LogP contribution in [0.2, 0.25) is 0 Å². The van der Waals surface area contributed by atoms with E-state index in [1.165, 1.54) is 16.7 Å². The topological polar surface area (TPSA) is 21.3 Å². The van der Waals surface area contributed by atoms with Crippen molar-refractivity contribution in [3.05, 3.63) is 59.2 Å². The van der Waals surface area contributed by atoms with E-state index in [1.54, 1.807) is 0 Å². The molecule has 0 saturated heterocycles. The van der Waals surface area contributed by atoms with Gasteiger partial charge in [0.15, 0.2) is 0 Å². The van der Waals surface area contributed by atoms with Crippen LogP contribution in [0.4, 0.5) is 0 Å². The molecule has 0 aliphatic rings. The average molecular weight is 255 g/mol. The summed E-state index contributed by atoms with van der Waals surface area (Å²) in [6.07, 6.45) is 0.979. The Hall–Kier alpha value is -1.80. The van der Waals surface area contributed by atoms with Crippen LogP contribution >= 0.6 is 0 Å². The molecule has 2 rings (SSSR count). The Morgan fingerprint density at radius 3 is 2.53 bits per heavy atom. The van der Waals surface area contributed by atoms with E-state index < -0.39 is 0 Å². The molecule has 2 aromatic carbocycles. The SMILES string of the molecule is CCc1ccccc1Oc1ccc(CNC)cc1C. The van der Waals surface area contributed by atoms with Crippen molar-refractivity contribution in [3.63, 3.8) is 0 Å². The third kappa shape index (κ3) is 3.36. The minimum Gasteiger partial charge on any atom is -0.457 e. The fraction of sp³-hybridized carbons (Fsp3) is 0.294. The van der Waals surface area contributed by atoms with E-state index in [9.17, 15) is 0 Å². The number of nitrogens with one attached hydrogen (secondary N) is 1. The molecular formula is C17H21NO. The molecule has 0 spiro atoms. The molecule has 0 aliphatic heterocycles. The molecule has 2 heteroatoms. The van der Waals surface area contributed by atoms with E-state index in [0.29, 0.717) is 0 Å². The van der Waals surface area contributed by atoms with Crippen LogP contribution in [-0.2, 0) is 13.0 Å². The highest BCUT2D eigenvalue weighted by molar-refractivity contribution is 5.42. The van der Waals surface area contributed by atoms with E-state index in [0.717, 1.165) is 24.5 Å². The summed E-state index contributed by atoms with van der Waals surface area (Å²) < 4.78 is 6.04. The summed E-state index contributed by atoms with van der Waals surface area (Å²) in [4.78, 5) is 0. The van der Waals surface area contributed by atoms with E-state index >= 15 is 0 Å². The normalized spacial score (nSPS) is 10.5. The molecule has 2 nitrogen and oxygen atoms in total. The Labute approximate surface area is 115 Å². The lowest BCUT2D eigenvalue weighted by atomic mass is 10.1. The van der Waals surface area contributed by atoms with Gasteiger partial charge in [0, 0.05) is 6.54 Å². The highest BCUT2D eigenvalue weighted by Crippen LogP contribution is 2.28. The molecule has 0 radical (unpaired) electrons. The second-order valence-electron chi connectivity index (χ2n) is 4.69. The fourth-order valence-corrected chi connectivity index (χ4v) is 2.15. The molecule has 19 heavy (non-hydrogen) atoms. The summed E-state index contributed by atoms with van der Waals surface area (Å²) in [6, 6.07) is 14.5. The van der Waals surface area contributed by atoms with Crippen LogP contribution < -0.4 is 10.1 Å². The van der Waals surface area contributed by atoms with Gasteiger partial charge in [-0.3, -0.25) is 0 Å². The number of ether oxygens (including phenoxy) is 1. The molecule has 0 amide bonds. The van der Waals surface area contributed by atoms with Crippen LogP contribution in [0.3, 0.4) is 0 Å². The third-order valence-electron chi connectivity index (χ3n) is 3.19. The van der Waals surface area contributed by atoms with Crippen molar-refractivity contribution in [2.24, 2.45) is 0 Å². The van der Waals surface area contributed by atoms with Crippen molar-refractivity contribution in [1.29, 1.82) is 0 Å². The van der Waals surface area contributed by atoms with Crippen LogP contribution in [0.5, 0.6) is 11.5 Å². The number of rotatable bonds is 5. The van der Waals surface area contributed by atoms with Crippen LogP contribution in [-0.4, -0.2) is 7.05 Å². The van der Waals surface area contributed by atoms with E-state index in [-0.39, 0.29) is 0 Å². The zero-order chi connectivity index (χ0) is 13.7. The molecule has 0 saturated carbocycles. The highest BCUT2D eigenvalue weighted by atomic mass is 16.5. The lowest BCUT2D eigenvalue weighted by Crippen LogP contribution is -2.05. The minimum atomic E-state index is 0.882. The fourth-order valence-electron chi connectivity index (χ4n) is 2.15. The lowest BCUT2D eigenvalue weighted by Gasteiger charge is -2.13. The first-order valence-electron chi connectivity index (χ1n) is 6.74. The largest absolute Gasteiger partial charge is 0.457 e. The van der Waals surface area contributed by atoms with E-state index in [2.05, 4.69) is 49.5 Å². The quantitative estimate of drug-likeness (QED) is 0.869. The molecule has 0 unspecified atom stereocenters. The smallest absolute Gasteiger partial charge is 0.130 e. The van der Waals surface area contributed by atoms with Gasteiger partial charge in [0.2, 0.25) is 0 Å². The maximum absolute atomic E-state index is 6.04. The maximum Gasteiger partial charge on any atom is 0.130 e. The zero-order valence-electron chi connectivity index (χ0n) is 11.9. The van der Waals surface area contributed by atoms with Gasteiger partial charge in [-0.2, -0.15) is 0 Å². The van der Waals surface area contributed by atoms with E-state index in [1.807, 2.05) is 19.2 Å². The zero-order valence-corrected chi connectivity index (χ0v) is 11.9. The Balaban J connectivity index is 2.23. The van der Waals surface area contributed by atoms with Gasteiger partial charge in [-0.1, -0.05) is 37.3 Å². The highest BCUT2D eigenvalue weighted by Gasteiger charge is 2.05. The van der Waals surface area contributed by atoms with Gasteiger partial charge < -0.3 is 10.1 Å². The number of aryl methyl sites for hydroxylation is 2. The summed E-state index contributed by atoms with van der Waals surface area (Å²) in [7, 11) is 1.96. The maximum atomic E-state index is 6.04. The number of hydrogen-bond acceptors (Lipinski definition) is 2. The van der Waals surface area contributed by atoms with Crippen molar-refractivity contribution in [2.45, 2.75) is 26.8 Å². The summed E-state index contributed by atoms with van der Waals surface area (Å²) in [5.74, 6) is 1.88. The monoisotopic (exact) mass is 255 g/mol. The lowest BCUT2D eigenvalue weighted by molar-refractivity contribution is 0.473. The molecule has 100 valence electrons. The van der Waals surface area contributed by atoms with E-state index in [4.69, 9.17) is 4.74 Å². The molecule has 0 aromatic heterocycles. The molecule has 0 heterocycles. The standard InChI is InChI=1S/C17H21NO/c1-4-15-7-5-6-8-17(15)19-16-10-9-14(12-18-3)11-13(16)2/h5-11,18H,4,12H2,1-3H3. The van der Waals surface area contributed by atoms with Crippen molar-refractivity contribution < 1.29 is 4.74 Å². The van der Waals surface area contributed by atoms with Gasteiger partial charge >= 0.3 is 0 Å². The first-order valence-corrected chi connectivity index (χ1v) is 6.74. The van der Waals surface area contributed by atoms with Gasteiger partial charge in [0.1, 0.15) is 11.5 Å². The Morgan fingerprint density at radius 2 is 1.84 bits per heavy atom. The number of benzene rings is 2. The average Bonchev–Trinajstić information content (AvgIpc) is 2.43. The first kappa shape index (κ1) is 13.6. The Bertz CT molecular complexity index is 549. The molecule has 0 atom stereocenters. The van der Waals surface area contributed by atoms with Gasteiger partial charge in [0.25, 0.3) is 0 Å². The minimum absolute atomic E-state index is 0.882. The number of hydrogen-bond donors (Lipinski definition) is 1. The summed E-state index contributed by atoms with van der Waals surface area (Å²) in [5.41, 5.74) is 3.68. The molecule has 0 fully saturated rings. The molecule has 2 aromatic rings. The van der Waals surface area contributed by atoms with Crippen molar-refractivity contribution in [1.82, 2.24) is 5.32 Å². The molecular weight excluding hydrogens is 234 g/mol. The van der Waals surface area contributed by atoms with Gasteiger partial charge in [-0.05, 0) is 49.2 Å². The number of para-hydroxylation sites is 1. The van der Waals surface area contributed by atoms with Crippen LogP contribution in [0.15, 0.2) is 42.5 Å². The van der Waals surface area contributed by atoms with Crippen molar-refractivity contribution in [2.75, 3.05) is 7.05 Å². The van der Waals surface area contributed by atoms with Gasteiger partial charge in [-0.15, -0.1) is 0 Å². The summed E-state index contributed by atoms with van der Waals surface area (Å²) >= 11 is 0. The Morgan fingerprint density at radius 1 is 1.05 bits per heavy atom. The second kappa shape index (κ2) is 6.39. The van der Waals surface area contributed by atoms with Gasteiger partial charge in [-0.25, -0.2) is 0 Å². The first-order chi connectivity index (χ1) is 9.24. The van der Waals surface area contributed by atoms with Crippen LogP contribution in [0.25, 0.3) is 0 Å². The summed E-state index contributed by atoms with van der Waals surface area (Å²) in [6.45, 7) is 5.11. The second-order valence-corrected chi connectivity index (χ2v) is 4.69.